The lowest BCUT2D eigenvalue weighted by Crippen LogP contribution is -2.36. The van der Waals surface area contributed by atoms with Crippen molar-refractivity contribution in [2.45, 2.75) is 32.4 Å². The minimum Gasteiger partial charge on any atom is -0.469 e. The highest BCUT2D eigenvalue weighted by atomic mass is 19.1. The van der Waals surface area contributed by atoms with Crippen LogP contribution in [-0.2, 0) is 13.0 Å². The number of aryl methyl sites for hydroxylation is 1. The number of aromatic nitrogens is 4. The Balaban J connectivity index is 1.56. The van der Waals surface area contributed by atoms with Gasteiger partial charge in [0.15, 0.2) is 5.65 Å². The number of rotatable bonds is 7. The third kappa shape index (κ3) is 4.14. The molecule has 2 N–H and O–H groups in total. The first-order chi connectivity index (χ1) is 14.5. The first kappa shape index (κ1) is 19.6. The highest BCUT2D eigenvalue weighted by Crippen LogP contribution is 2.11. The van der Waals surface area contributed by atoms with Crippen LogP contribution in [0.25, 0.3) is 11.0 Å². The van der Waals surface area contributed by atoms with E-state index in [4.69, 9.17) is 4.42 Å². The summed E-state index contributed by atoms with van der Waals surface area (Å²) in [6, 6.07) is 9.80. The number of H-pyrrole nitrogens is 1. The van der Waals surface area contributed by atoms with Gasteiger partial charge in [-0.2, -0.15) is 4.98 Å². The third-order valence-corrected chi connectivity index (χ3v) is 4.80. The molecule has 0 saturated carbocycles. The molecule has 1 atom stereocenters. The first-order valence-corrected chi connectivity index (χ1v) is 9.53. The van der Waals surface area contributed by atoms with Crippen molar-refractivity contribution in [1.29, 1.82) is 0 Å². The van der Waals surface area contributed by atoms with Gasteiger partial charge in [0.1, 0.15) is 17.0 Å². The molecule has 4 aromatic rings. The van der Waals surface area contributed by atoms with E-state index in [1.165, 1.54) is 18.3 Å². The number of nitrogens with one attached hydrogen (secondary N) is 2. The van der Waals surface area contributed by atoms with Gasteiger partial charge in [-0.1, -0.05) is 18.2 Å². The number of fused-ring (bicyclic) bond motifs is 1. The predicted octanol–water partition coefficient (Wildman–Crippen LogP) is 2.69. The molecule has 0 fully saturated rings. The molecular formula is C21H20FN5O3. The lowest BCUT2D eigenvalue weighted by molar-refractivity contribution is 0.494. The topological polar surface area (TPSA) is 106 Å². The third-order valence-electron chi connectivity index (χ3n) is 4.80. The molecule has 0 saturated heterocycles. The van der Waals surface area contributed by atoms with Crippen molar-refractivity contribution in [3.63, 3.8) is 0 Å². The second-order valence-corrected chi connectivity index (χ2v) is 7.03. The van der Waals surface area contributed by atoms with E-state index >= 15 is 0 Å². The summed E-state index contributed by atoms with van der Waals surface area (Å²) in [7, 11) is 0. The van der Waals surface area contributed by atoms with Crippen molar-refractivity contribution in [1.82, 2.24) is 19.5 Å². The zero-order valence-electron chi connectivity index (χ0n) is 16.3. The molecule has 3 heterocycles. The number of benzene rings is 1. The summed E-state index contributed by atoms with van der Waals surface area (Å²) in [6.45, 7) is 1.80. The second-order valence-electron chi connectivity index (χ2n) is 7.03. The molecule has 4 rings (SSSR count). The maximum absolute atomic E-state index is 13.9. The summed E-state index contributed by atoms with van der Waals surface area (Å²) in [6.07, 6.45) is 4.54. The lowest BCUT2D eigenvalue weighted by Gasteiger charge is -2.13. The number of furan rings is 1. The molecule has 9 heteroatoms. The molecule has 3 aromatic heterocycles. The zero-order valence-corrected chi connectivity index (χ0v) is 16.3. The van der Waals surface area contributed by atoms with Gasteiger partial charge in [-0.05, 0) is 31.5 Å². The van der Waals surface area contributed by atoms with E-state index in [0.717, 1.165) is 23.2 Å². The van der Waals surface area contributed by atoms with E-state index in [0.29, 0.717) is 5.95 Å². The van der Waals surface area contributed by atoms with Crippen LogP contribution >= 0.6 is 0 Å². The first-order valence-electron chi connectivity index (χ1n) is 9.53. The van der Waals surface area contributed by atoms with E-state index in [9.17, 15) is 14.0 Å². The van der Waals surface area contributed by atoms with Crippen molar-refractivity contribution >= 4 is 17.0 Å². The fourth-order valence-corrected chi connectivity index (χ4v) is 3.16. The van der Waals surface area contributed by atoms with Crippen molar-refractivity contribution in [2.75, 3.05) is 5.32 Å². The van der Waals surface area contributed by atoms with Gasteiger partial charge < -0.3 is 9.73 Å². The van der Waals surface area contributed by atoms with Crippen molar-refractivity contribution in [3.05, 3.63) is 86.8 Å². The number of halogens is 1. The number of aromatic amines is 1. The summed E-state index contributed by atoms with van der Waals surface area (Å²) in [5.41, 5.74) is -0.861. The highest BCUT2D eigenvalue weighted by molar-refractivity contribution is 5.73. The highest BCUT2D eigenvalue weighted by Gasteiger charge is 2.13. The SMILES string of the molecule is CC(CCc1ccco1)Nc1ncc2c(=O)n(Cc3ccccc3F)c(=O)[nH]c2n1. The standard InChI is InChI=1S/C21H20FN5O3/c1-13(8-9-15-6-4-10-30-15)24-20-23-11-16-18(25-20)26-21(29)27(19(16)28)12-14-5-2-3-7-17(14)22/h2-7,10-11,13H,8-9,12H2,1H3,(H2,23,24,25,26,29). The summed E-state index contributed by atoms with van der Waals surface area (Å²) in [5.74, 6) is 0.711. The van der Waals surface area contributed by atoms with Crippen molar-refractivity contribution in [3.8, 4) is 0 Å². The Bertz CT molecular complexity index is 1280. The van der Waals surface area contributed by atoms with Crippen LogP contribution in [0, 0.1) is 5.82 Å². The molecule has 30 heavy (non-hydrogen) atoms. The van der Waals surface area contributed by atoms with E-state index in [1.54, 1.807) is 18.4 Å². The van der Waals surface area contributed by atoms with Crippen LogP contribution in [0.2, 0.25) is 0 Å². The summed E-state index contributed by atoms with van der Waals surface area (Å²) in [4.78, 5) is 36.2. The van der Waals surface area contributed by atoms with Gasteiger partial charge in [-0.3, -0.25) is 14.3 Å². The van der Waals surface area contributed by atoms with Gasteiger partial charge in [-0.15, -0.1) is 0 Å². The molecular weight excluding hydrogens is 389 g/mol. The monoisotopic (exact) mass is 409 g/mol. The van der Waals surface area contributed by atoms with E-state index in [-0.39, 0.29) is 29.2 Å². The Morgan fingerprint density at radius 3 is 2.83 bits per heavy atom. The largest absolute Gasteiger partial charge is 0.469 e. The smallest absolute Gasteiger partial charge is 0.330 e. The van der Waals surface area contributed by atoms with Gasteiger partial charge in [0.05, 0.1) is 12.8 Å². The Kier molecular flexibility index (Phi) is 5.42. The van der Waals surface area contributed by atoms with E-state index in [1.807, 2.05) is 19.1 Å². The van der Waals surface area contributed by atoms with E-state index in [2.05, 4.69) is 20.3 Å². The molecule has 0 radical (unpaired) electrons. The molecule has 1 aromatic carbocycles. The lowest BCUT2D eigenvalue weighted by atomic mass is 10.1. The molecule has 0 spiro atoms. The fraction of sp³-hybridized carbons (Fsp3) is 0.238. The maximum Gasteiger partial charge on any atom is 0.330 e. The average molecular weight is 409 g/mol. The van der Waals surface area contributed by atoms with E-state index < -0.39 is 17.1 Å². The van der Waals surface area contributed by atoms with Gasteiger partial charge in [0.2, 0.25) is 5.95 Å². The molecule has 0 aliphatic carbocycles. The maximum atomic E-state index is 13.9. The normalized spacial score (nSPS) is 12.2. The molecule has 8 nitrogen and oxygen atoms in total. The van der Waals surface area contributed by atoms with Gasteiger partial charge >= 0.3 is 5.69 Å². The van der Waals surface area contributed by atoms with Crippen LogP contribution in [0.15, 0.2) is 62.9 Å². The minimum absolute atomic E-state index is 0.0423. The number of nitrogens with zero attached hydrogens (tertiary/aromatic N) is 3. The number of hydrogen-bond acceptors (Lipinski definition) is 6. The van der Waals surface area contributed by atoms with Gasteiger partial charge in [0.25, 0.3) is 5.56 Å². The van der Waals surface area contributed by atoms with Crippen LogP contribution in [0.3, 0.4) is 0 Å². The Morgan fingerprint density at radius 1 is 1.23 bits per heavy atom. The summed E-state index contributed by atoms with van der Waals surface area (Å²) in [5, 5.41) is 3.31. The van der Waals surface area contributed by atoms with Crippen LogP contribution in [0.1, 0.15) is 24.7 Å². The Hall–Kier alpha value is -3.75. The Morgan fingerprint density at radius 2 is 2.07 bits per heavy atom. The summed E-state index contributed by atoms with van der Waals surface area (Å²) < 4.78 is 20.2. The fourth-order valence-electron chi connectivity index (χ4n) is 3.16. The molecule has 1 unspecified atom stereocenters. The Labute approximate surface area is 170 Å². The number of hydrogen-bond donors (Lipinski definition) is 2. The van der Waals surface area contributed by atoms with Crippen molar-refractivity contribution < 1.29 is 8.81 Å². The molecule has 0 bridgehead atoms. The predicted molar refractivity (Wildman–Crippen MR) is 110 cm³/mol. The zero-order chi connectivity index (χ0) is 21.1. The van der Waals surface area contributed by atoms with Crippen molar-refractivity contribution in [2.24, 2.45) is 0 Å². The molecule has 0 amide bonds. The number of anilines is 1. The van der Waals surface area contributed by atoms with Crippen LogP contribution in [0.4, 0.5) is 10.3 Å². The van der Waals surface area contributed by atoms with Gasteiger partial charge in [-0.25, -0.2) is 14.2 Å². The molecule has 0 aliphatic heterocycles. The summed E-state index contributed by atoms with van der Waals surface area (Å²) >= 11 is 0. The minimum atomic E-state index is -0.661. The van der Waals surface area contributed by atoms with Crippen LogP contribution in [-0.4, -0.2) is 25.6 Å². The quantitative estimate of drug-likeness (QED) is 0.486. The average Bonchev–Trinajstić information content (AvgIpc) is 3.24. The van der Waals surface area contributed by atoms with Crippen LogP contribution in [0.5, 0.6) is 0 Å². The molecule has 0 aliphatic rings. The van der Waals surface area contributed by atoms with Crippen LogP contribution < -0.4 is 16.6 Å². The van der Waals surface area contributed by atoms with Gasteiger partial charge in [0, 0.05) is 24.2 Å². The molecule has 154 valence electrons. The second kappa shape index (κ2) is 8.32.